The molecule has 0 amide bonds. The molecule has 0 fully saturated rings. The maximum Gasteiger partial charge on any atom is -0.00248 e. The number of benzene rings is 1. The van der Waals surface area contributed by atoms with E-state index >= 15 is 0 Å². The minimum absolute atomic E-state index is 1.22. The summed E-state index contributed by atoms with van der Waals surface area (Å²) in [5, 5.41) is 0. The summed E-state index contributed by atoms with van der Waals surface area (Å²) in [5.41, 5.74) is 3.00. The summed E-state index contributed by atoms with van der Waals surface area (Å²) >= 11 is 0. The summed E-state index contributed by atoms with van der Waals surface area (Å²) in [4.78, 5) is 4.54. The van der Waals surface area contributed by atoms with Crippen molar-refractivity contribution in [3.05, 3.63) is 35.4 Å². The van der Waals surface area contributed by atoms with Gasteiger partial charge in [-0.1, -0.05) is 37.1 Å². The molecule has 2 heteroatoms. The van der Waals surface area contributed by atoms with Gasteiger partial charge >= 0.3 is 0 Å². The molecule has 0 aromatic heterocycles. The van der Waals surface area contributed by atoms with Crippen molar-refractivity contribution in [1.29, 1.82) is 0 Å². The predicted molar refractivity (Wildman–Crippen MR) is 98.7 cm³/mol. The topological polar surface area (TPSA) is 6.48 Å². The van der Waals surface area contributed by atoms with Crippen molar-refractivity contribution in [2.45, 2.75) is 51.4 Å². The quantitative estimate of drug-likeness (QED) is 0.533. The summed E-state index contributed by atoms with van der Waals surface area (Å²) in [6.07, 6.45) is 10.4. The van der Waals surface area contributed by atoms with Gasteiger partial charge in [-0.25, -0.2) is 0 Å². The summed E-state index contributed by atoms with van der Waals surface area (Å²) in [7, 11) is 8.61. The van der Waals surface area contributed by atoms with Crippen molar-refractivity contribution in [2.75, 3.05) is 41.3 Å². The zero-order chi connectivity index (χ0) is 16.2. The van der Waals surface area contributed by atoms with Crippen molar-refractivity contribution in [3.63, 3.8) is 0 Å². The SMILES string of the molecule is CN(C)CCCCCc1ccc(CCCCCN(C)C)cc1. The standard InChI is InChI=1S/C20H36N2/c1-21(2)17-9-5-7-11-19-13-15-20(16-14-19)12-8-6-10-18-22(3)4/h13-16H,5-12,17-18H2,1-4H3. The van der Waals surface area contributed by atoms with Crippen molar-refractivity contribution in [3.8, 4) is 0 Å². The Morgan fingerprint density at radius 3 is 1.23 bits per heavy atom. The van der Waals surface area contributed by atoms with Gasteiger partial charge < -0.3 is 9.80 Å². The van der Waals surface area contributed by atoms with E-state index in [2.05, 4.69) is 62.3 Å². The van der Waals surface area contributed by atoms with Crippen molar-refractivity contribution in [1.82, 2.24) is 9.80 Å². The molecule has 0 radical (unpaired) electrons. The Morgan fingerprint density at radius 1 is 0.545 bits per heavy atom. The van der Waals surface area contributed by atoms with Gasteiger partial charge in [0.2, 0.25) is 0 Å². The average Bonchev–Trinajstić information content (AvgIpc) is 2.47. The molecule has 0 aliphatic heterocycles. The minimum Gasteiger partial charge on any atom is -0.309 e. The van der Waals surface area contributed by atoms with E-state index in [4.69, 9.17) is 0 Å². The molecule has 2 nitrogen and oxygen atoms in total. The van der Waals surface area contributed by atoms with Crippen LogP contribution in [0.2, 0.25) is 0 Å². The first-order chi connectivity index (χ1) is 10.6. The van der Waals surface area contributed by atoms with E-state index < -0.39 is 0 Å². The van der Waals surface area contributed by atoms with Crippen LogP contribution in [0.15, 0.2) is 24.3 Å². The highest BCUT2D eigenvalue weighted by molar-refractivity contribution is 5.22. The van der Waals surface area contributed by atoms with Crippen LogP contribution in [0.4, 0.5) is 0 Å². The fourth-order valence-electron chi connectivity index (χ4n) is 2.74. The number of unbranched alkanes of at least 4 members (excludes halogenated alkanes) is 4. The molecule has 0 saturated heterocycles. The molecular weight excluding hydrogens is 268 g/mol. The molecule has 1 aromatic carbocycles. The third-order valence-corrected chi connectivity index (χ3v) is 4.16. The van der Waals surface area contributed by atoms with Gasteiger partial charge in [0.25, 0.3) is 0 Å². The summed E-state index contributed by atoms with van der Waals surface area (Å²) in [6, 6.07) is 9.34. The van der Waals surface area contributed by atoms with E-state index in [1.54, 1.807) is 0 Å². The first kappa shape index (κ1) is 19.2. The molecule has 0 atom stereocenters. The normalized spacial score (nSPS) is 11.5. The molecule has 1 aromatic rings. The zero-order valence-electron chi connectivity index (χ0n) is 15.3. The highest BCUT2D eigenvalue weighted by Crippen LogP contribution is 2.12. The van der Waals surface area contributed by atoms with Gasteiger partial charge in [-0.2, -0.15) is 0 Å². The minimum atomic E-state index is 1.22. The number of aryl methyl sites for hydroxylation is 2. The lowest BCUT2D eigenvalue weighted by Gasteiger charge is -2.09. The van der Waals surface area contributed by atoms with Crippen molar-refractivity contribution in [2.24, 2.45) is 0 Å². The summed E-state index contributed by atoms with van der Waals surface area (Å²) < 4.78 is 0. The Kier molecular flexibility index (Phi) is 10.2. The van der Waals surface area contributed by atoms with Gasteiger partial charge in [0.15, 0.2) is 0 Å². The zero-order valence-corrected chi connectivity index (χ0v) is 15.3. The average molecular weight is 305 g/mol. The second-order valence-electron chi connectivity index (χ2n) is 7.04. The molecule has 0 N–H and O–H groups in total. The number of nitrogens with zero attached hydrogens (tertiary/aromatic N) is 2. The first-order valence-electron chi connectivity index (χ1n) is 8.95. The van der Waals surface area contributed by atoms with Crippen LogP contribution in [-0.4, -0.2) is 51.1 Å². The van der Waals surface area contributed by atoms with Crippen LogP contribution in [0.3, 0.4) is 0 Å². The molecule has 0 heterocycles. The lowest BCUT2D eigenvalue weighted by atomic mass is 10.0. The van der Waals surface area contributed by atoms with Crippen LogP contribution in [0, 0.1) is 0 Å². The van der Waals surface area contributed by atoms with Crippen LogP contribution >= 0.6 is 0 Å². The highest BCUT2D eigenvalue weighted by atomic mass is 15.0. The Labute approximate surface area is 138 Å². The van der Waals surface area contributed by atoms with E-state index in [-0.39, 0.29) is 0 Å². The number of rotatable bonds is 12. The third kappa shape index (κ3) is 9.97. The van der Waals surface area contributed by atoms with Gasteiger partial charge in [-0.3, -0.25) is 0 Å². The van der Waals surface area contributed by atoms with Gasteiger partial charge in [0.1, 0.15) is 0 Å². The van der Waals surface area contributed by atoms with E-state index in [0.717, 1.165) is 0 Å². The molecule has 0 unspecified atom stereocenters. The molecule has 22 heavy (non-hydrogen) atoms. The van der Waals surface area contributed by atoms with Crippen molar-refractivity contribution < 1.29 is 0 Å². The molecule has 0 saturated carbocycles. The second kappa shape index (κ2) is 11.7. The molecular formula is C20H36N2. The molecule has 0 aliphatic rings. The van der Waals surface area contributed by atoms with Crippen LogP contribution in [0.5, 0.6) is 0 Å². The van der Waals surface area contributed by atoms with Gasteiger partial charge in [-0.05, 0) is 90.9 Å². The first-order valence-corrected chi connectivity index (χ1v) is 8.95. The fraction of sp³-hybridized carbons (Fsp3) is 0.700. The van der Waals surface area contributed by atoms with Gasteiger partial charge in [0.05, 0.1) is 0 Å². The van der Waals surface area contributed by atoms with E-state index in [9.17, 15) is 0 Å². The molecule has 0 bridgehead atoms. The third-order valence-electron chi connectivity index (χ3n) is 4.16. The van der Waals surface area contributed by atoms with Crippen LogP contribution < -0.4 is 0 Å². The van der Waals surface area contributed by atoms with E-state index in [1.165, 1.54) is 75.6 Å². The highest BCUT2D eigenvalue weighted by Gasteiger charge is 1.98. The van der Waals surface area contributed by atoms with Gasteiger partial charge in [0, 0.05) is 0 Å². The fourth-order valence-corrected chi connectivity index (χ4v) is 2.74. The van der Waals surface area contributed by atoms with Crippen molar-refractivity contribution >= 4 is 0 Å². The Balaban J connectivity index is 2.12. The lowest BCUT2D eigenvalue weighted by molar-refractivity contribution is 0.391. The van der Waals surface area contributed by atoms with Gasteiger partial charge in [-0.15, -0.1) is 0 Å². The monoisotopic (exact) mass is 304 g/mol. The van der Waals surface area contributed by atoms with E-state index in [1.807, 2.05) is 0 Å². The predicted octanol–water partition coefficient (Wildman–Crippen LogP) is 4.24. The van der Waals surface area contributed by atoms with Crippen LogP contribution in [-0.2, 0) is 12.8 Å². The van der Waals surface area contributed by atoms with Crippen LogP contribution in [0.25, 0.3) is 0 Å². The Morgan fingerprint density at radius 2 is 0.909 bits per heavy atom. The largest absolute Gasteiger partial charge is 0.309 e. The van der Waals surface area contributed by atoms with Crippen LogP contribution in [0.1, 0.15) is 49.7 Å². The lowest BCUT2D eigenvalue weighted by Crippen LogP contribution is -2.12. The molecule has 126 valence electrons. The number of hydrogen-bond donors (Lipinski definition) is 0. The summed E-state index contributed by atoms with van der Waals surface area (Å²) in [5.74, 6) is 0. The Bertz CT molecular complexity index is 331. The maximum absolute atomic E-state index is 2.33. The summed E-state index contributed by atoms with van der Waals surface area (Å²) in [6.45, 7) is 2.43. The smallest absolute Gasteiger partial charge is 0.00248 e. The van der Waals surface area contributed by atoms with E-state index in [0.29, 0.717) is 0 Å². The molecule has 0 aliphatic carbocycles. The molecule has 0 spiro atoms. The number of hydrogen-bond acceptors (Lipinski definition) is 2. The maximum atomic E-state index is 2.33. The second-order valence-corrected chi connectivity index (χ2v) is 7.04. The Hall–Kier alpha value is -0.860. The molecule has 1 rings (SSSR count).